The number of carbonyl (C=O) groups excluding carboxylic acids is 2. The van der Waals surface area contributed by atoms with Gasteiger partial charge >= 0.3 is 11.9 Å². The van der Waals surface area contributed by atoms with Crippen LogP contribution in [0.3, 0.4) is 0 Å². The fourth-order valence-corrected chi connectivity index (χ4v) is 1.86. The second kappa shape index (κ2) is 7.37. The van der Waals surface area contributed by atoms with Crippen molar-refractivity contribution in [3.05, 3.63) is 58.9 Å². The zero-order chi connectivity index (χ0) is 16.8. The van der Waals surface area contributed by atoms with E-state index in [2.05, 4.69) is 10.3 Å². The number of benzene rings is 1. The molecule has 1 aromatic heterocycles. The number of esters is 1. The number of aromatic carboxylic acids is 1. The molecular formula is C15H11ClN2O5. The zero-order valence-corrected chi connectivity index (χ0v) is 12.4. The minimum atomic E-state index is -1.21. The maximum Gasteiger partial charge on any atom is 0.338 e. The highest BCUT2D eigenvalue weighted by molar-refractivity contribution is 6.33. The number of carbonyl (C=O) groups is 3. The Morgan fingerprint density at radius 2 is 1.87 bits per heavy atom. The first kappa shape index (κ1) is 16.4. The van der Waals surface area contributed by atoms with E-state index >= 15 is 0 Å². The zero-order valence-electron chi connectivity index (χ0n) is 11.7. The molecule has 0 aliphatic rings. The Bertz CT molecular complexity index is 749. The van der Waals surface area contributed by atoms with Crippen LogP contribution in [0.4, 0.5) is 5.69 Å². The van der Waals surface area contributed by atoms with Crippen molar-refractivity contribution in [3.63, 3.8) is 0 Å². The van der Waals surface area contributed by atoms with Gasteiger partial charge in [-0.1, -0.05) is 11.6 Å². The predicted octanol–water partition coefficient (Wildman–Crippen LogP) is 2.23. The molecule has 0 atom stereocenters. The number of rotatable bonds is 5. The number of aromatic nitrogens is 1. The maximum absolute atomic E-state index is 11.7. The summed E-state index contributed by atoms with van der Waals surface area (Å²) in [6.45, 7) is -0.508. The lowest BCUT2D eigenvalue weighted by Gasteiger charge is -2.08. The highest BCUT2D eigenvalue weighted by atomic mass is 35.5. The number of pyridine rings is 1. The fourth-order valence-electron chi connectivity index (χ4n) is 1.67. The van der Waals surface area contributed by atoms with Crippen LogP contribution < -0.4 is 5.32 Å². The van der Waals surface area contributed by atoms with Crippen molar-refractivity contribution in [1.29, 1.82) is 0 Å². The van der Waals surface area contributed by atoms with Crippen molar-refractivity contribution < 1.29 is 24.2 Å². The van der Waals surface area contributed by atoms with E-state index in [1.165, 1.54) is 42.7 Å². The summed E-state index contributed by atoms with van der Waals surface area (Å²) in [6.07, 6.45) is 2.86. The molecule has 0 aliphatic heterocycles. The van der Waals surface area contributed by atoms with Crippen molar-refractivity contribution in [1.82, 2.24) is 4.98 Å². The average Bonchev–Trinajstić information content (AvgIpc) is 2.55. The van der Waals surface area contributed by atoms with Gasteiger partial charge < -0.3 is 15.2 Å². The molecule has 0 spiro atoms. The SMILES string of the molecule is O=C(COC(=O)c1ccncc1)Nc1ccc(Cl)c(C(=O)O)c1. The van der Waals surface area contributed by atoms with Crippen LogP contribution in [0, 0.1) is 0 Å². The molecule has 2 rings (SSSR count). The van der Waals surface area contributed by atoms with Gasteiger partial charge in [-0.2, -0.15) is 0 Å². The Morgan fingerprint density at radius 3 is 2.52 bits per heavy atom. The number of anilines is 1. The maximum atomic E-state index is 11.7. The van der Waals surface area contributed by atoms with Crippen LogP contribution in [0.1, 0.15) is 20.7 Å². The van der Waals surface area contributed by atoms with Gasteiger partial charge in [-0.15, -0.1) is 0 Å². The van der Waals surface area contributed by atoms with Gasteiger partial charge in [0.15, 0.2) is 6.61 Å². The molecule has 23 heavy (non-hydrogen) atoms. The van der Waals surface area contributed by atoms with Crippen molar-refractivity contribution in [2.75, 3.05) is 11.9 Å². The van der Waals surface area contributed by atoms with Crippen molar-refractivity contribution in [2.45, 2.75) is 0 Å². The molecule has 0 saturated carbocycles. The number of amides is 1. The largest absolute Gasteiger partial charge is 0.478 e. The van der Waals surface area contributed by atoms with E-state index in [-0.39, 0.29) is 21.8 Å². The second-order valence-electron chi connectivity index (χ2n) is 4.36. The van der Waals surface area contributed by atoms with Gasteiger partial charge in [0, 0.05) is 18.1 Å². The smallest absolute Gasteiger partial charge is 0.338 e. The molecule has 1 amide bonds. The fraction of sp³-hybridized carbons (Fsp3) is 0.0667. The first-order valence-electron chi connectivity index (χ1n) is 6.37. The van der Waals surface area contributed by atoms with Crippen molar-refractivity contribution in [2.24, 2.45) is 0 Å². The molecule has 118 valence electrons. The Balaban J connectivity index is 1.94. The summed E-state index contributed by atoms with van der Waals surface area (Å²) in [6, 6.07) is 6.92. The molecule has 0 radical (unpaired) electrons. The number of nitrogens with one attached hydrogen (secondary N) is 1. The van der Waals surface area contributed by atoms with E-state index in [9.17, 15) is 14.4 Å². The standard InChI is InChI=1S/C15H11ClN2O5/c16-12-2-1-10(7-11(12)14(20)21)18-13(19)8-23-15(22)9-3-5-17-6-4-9/h1-7H,8H2,(H,18,19)(H,20,21). The monoisotopic (exact) mass is 334 g/mol. The van der Waals surface area contributed by atoms with Crippen LogP contribution in [0.25, 0.3) is 0 Å². The second-order valence-corrected chi connectivity index (χ2v) is 4.77. The van der Waals surface area contributed by atoms with Crippen LogP contribution >= 0.6 is 11.6 Å². The van der Waals surface area contributed by atoms with Gasteiger partial charge in [-0.3, -0.25) is 9.78 Å². The third-order valence-corrected chi connectivity index (χ3v) is 3.06. The van der Waals surface area contributed by atoms with Gasteiger partial charge in [0.1, 0.15) is 0 Å². The first-order chi connectivity index (χ1) is 11.0. The summed E-state index contributed by atoms with van der Waals surface area (Å²) in [5, 5.41) is 11.4. The molecule has 1 aromatic carbocycles. The number of carboxylic acids is 1. The Kier molecular flexibility index (Phi) is 5.27. The minimum absolute atomic E-state index is 0.0552. The van der Waals surface area contributed by atoms with E-state index in [0.717, 1.165) is 0 Å². The summed E-state index contributed by atoms with van der Waals surface area (Å²) < 4.78 is 4.84. The van der Waals surface area contributed by atoms with E-state index in [0.29, 0.717) is 0 Å². The Hall–Kier alpha value is -2.93. The molecule has 0 saturated heterocycles. The number of hydrogen-bond acceptors (Lipinski definition) is 5. The average molecular weight is 335 g/mol. The van der Waals surface area contributed by atoms with Crippen molar-refractivity contribution >= 4 is 35.1 Å². The number of hydrogen-bond donors (Lipinski definition) is 2. The summed E-state index contributed by atoms with van der Waals surface area (Å²) in [7, 11) is 0. The molecule has 2 aromatic rings. The lowest BCUT2D eigenvalue weighted by Crippen LogP contribution is -2.21. The molecule has 2 N–H and O–H groups in total. The van der Waals surface area contributed by atoms with Gasteiger partial charge in [-0.05, 0) is 30.3 Å². The number of ether oxygens (including phenoxy) is 1. The van der Waals surface area contributed by atoms with Gasteiger partial charge in [0.2, 0.25) is 0 Å². The van der Waals surface area contributed by atoms with Crippen LogP contribution in [0.15, 0.2) is 42.7 Å². The Labute approximate surface area is 135 Å². The van der Waals surface area contributed by atoms with Crippen LogP contribution in [0.2, 0.25) is 5.02 Å². The van der Waals surface area contributed by atoms with Gasteiger partial charge in [0.25, 0.3) is 5.91 Å². The quantitative estimate of drug-likeness (QED) is 0.812. The number of nitrogens with zero attached hydrogens (tertiary/aromatic N) is 1. The molecule has 0 unspecified atom stereocenters. The van der Waals surface area contributed by atoms with Gasteiger partial charge in [-0.25, -0.2) is 9.59 Å². The lowest BCUT2D eigenvalue weighted by molar-refractivity contribution is -0.119. The van der Waals surface area contributed by atoms with E-state index in [1.807, 2.05) is 0 Å². The van der Waals surface area contributed by atoms with E-state index in [4.69, 9.17) is 21.4 Å². The summed E-state index contributed by atoms with van der Waals surface area (Å²) in [5.74, 6) is -2.48. The predicted molar refractivity (Wildman–Crippen MR) is 81.6 cm³/mol. The normalized spacial score (nSPS) is 9.96. The molecular weight excluding hydrogens is 324 g/mol. The lowest BCUT2D eigenvalue weighted by atomic mass is 10.2. The van der Waals surface area contributed by atoms with Crippen molar-refractivity contribution in [3.8, 4) is 0 Å². The third-order valence-electron chi connectivity index (χ3n) is 2.73. The molecule has 7 nitrogen and oxygen atoms in total. The van der Waals surface area contributed by atoms with E-state index < -0.39 is 24.5 Å². The highest BCUT2D eigenvalue weighted by Gasteiger charge is 2.13. The Morgan fingerprint density at radius 1 is 1.17 bits per heavy atom. The molecule has 1 heterocycles. The molecule has 0 fully saturated rings. The highest BCUT2D eigenvalue weighted by Crippen LogP contribution is 2.20. The van der Waals surface area contributed by atoms with Gasteiger partial charge in [0.05, 0.1) is 16.1 Å². The minimum Gasteiger partial charge on any atom is -0.478 e. The molecule has 0 aliphatic carbocycles. The summed E-state index contributed by atoms with van der Waals surface area (Å²) in [5.41, 5.74) is 0.363. The van der Waals surface area contributed by atoms with E-state index in [1.54, 1.807) is 0 Å². The van der Waals surface area contributed by atoms with Crippen LogP contribution in [0.5, 0.6) is 0 Å². The number of halogens is 1. The molecule has 0 bridgehead atoms. The number of carboxylic acid groups (broad SMARTS) is 1. The first-order valence-corrected chi connectivity index (χ1v) is 6.75. The van der Waals surface area contributed by atoms with Crippen LogP contribution in [-0.4, -0.2) is 34.5 Å². The summed E-state index contributed by atoms with van der Waals surface area (Å²) >= 11 is 5.73. The molecule has 8 heteroatoms. The van der Waals surface area contributed by atoms with Crippen LogP contribution in [-0.2, 0) is 9.53 Å². The third kappa shape index (κ3) is 4.52. The summed E-state index contributed by atoms with van der Waals surface area (Å²) in [4.78, 5) is 38.1. The topological polar surface area (TPSA) is 106 Å².